The highest BCUT2D eigenvalue weighted by atomic mass is 16.1. The zero-order valence-electron chi connectivity index (χ0n) is 11.9. The Hall–Kier alpha value is -1.16. The van der Waals surface area contributed by atoms with Crippen molar-refractivity contribution in [2.75, 3.05) is 0 Å². The molecular weight excluding hydrogens is 250 g/mol. The lowest BCUT2D eigenvalue weighted by Gasteiger charge is -2.56. The van der Waals surface area contributed by atoms with Crippen LogP contribution in [0.1, 0.15) is 44.2 Å². The Morgan fingerprint density at radius 1 is 1.15 bits per heavy atom. The molecule has 4 aliphatic rings. The van der Waals surface area contributed by atoms with Gasteiger partial charge in [-0.3, -0.25) is 4.79 Å². The molecule has 1 aromatic rings. The van der Waals surface area contributed by atoms with Crippen molar-refractivity contribution >= 4 is 0 Å². The van der Waals surface area contributed by atoms with E-state index < -0.39 is 0 Å². The van der Waals surface area contributed by atoms with Gasteiger partial charge in [-0.05, 0) is 67.8 Å². The first-order chi connectivity index (χ1) is 9.66. The van der Waals surface area contributed by atoms with Crippen LogP contribution in [0, 0.1) is 23.2 Å². The molecule has 4 bridgehead atoms. The minimum absolute atomic E-state index is 0.0259. The number of aromatic nitrogens is 2. The van der Waals surface area contributed by atoms with Gasteiger partial charge in [0.1, 0.15) is 0 Å². The average molecular weight is 273 g/mol. The van der Waals surface area contributed by atoms with Crippen LogP contribution < -0.4 is 11.3 Å². The molecule has 0 aliphatic heterocycles. The van der Waals surface area contributed by atoms with Crippen molar-refractivity contribution in [3.63, 3.8) is 0 Å². The molecule has 108 valence electrons. The van der Waals surface area contributed by atoms with Crippen LogP contribution in [0.3, 0.4) is 0 Å². The molecule has 4 heteroatoms. The molecule has 20 heavy (non-hydrogen) atoms. The van der Waals surface area contributed by atoms with Crippen molar-refractivity contribution in [1.29, 1.82) is 0 Å². The topological polar surface area (TPSA) is 60.9 Å². The van der Waals surface area contributed by atoms with Crippen LogP contribution in [0.15, 0.2) is 16.9 Å². The molecule has 2 N–H and O–H groups in total. The molecule has 4 aliphatic carbocycles. The molecule has 0 amide bonds. The number of nitrogens with two attached hydrogens (primary N) is 1. The molecule has 4 saturated carbocycles. The fraction of sp³-hybridized carbons (Fsp3) is 0.750. The molecule has 1 aromatic heterocycles. The molecule has 0 saturated heterocycles. The summed E-state index contributed by atoms with van der Waals surface area (Å²) in [7, 11) is 0. The minimum atomic E-state index is 0.0259. The van der Waals surface area contributed by atoms with Crippen molar-refractivity contribution in [1.82, 2.24) is 9.78 Å². The lowest BCUT2D eigenvalue weighted by atomic mass is 9.49. The molecule has 0 radical (unpaired) electrons. The number of hydrogen-bond acceptors (Lipinski definition) is 3. The monoisotopic (exact) mass is 273 g/mol. The van der Waals surface area contributed by atoms with E-state index in [2.05, 4.69) is 5.10 Å². The van der Waals surface area contributed by atoms with Gasteiger partial charge in [-0.1, -0.05) is 0 Å². The van der Waals surface area contributed by atoms with Crippen LogP contribution in [0.5, 0.6) is 0 Å². The quantitative estimate of drug-likeness (QED) is 0.915. The van der Waals surface area contributed by atoms with E-state index in [1.54, 1.807) is 16.8 Å². The first-order valence-corrected chi connectivity index (χ1v) is 7.93. The highest BCUT2D eigenvalue weighted by Crippen LogP contribution is 2.60. The van der Waals surface area contributed by atoms with E-state index in [-0.39, 0.29) is 5.56 Å². The maximum atomic E-state index is 12.1. The van der Waals surface area contributed by atoms with Gasteiger partial charge in [0, 0.05) is 12.6 Å². The summed E-state index contributed by atoms with van der Waals surface area (Å²) in [6, 6.07) is 3.37. The first kappa shape index (κ1) is 12.6. The van der Waals surface area contributed by atoms with Crippen molar-refractivity contribution in [2.45, 2.75) is 51.6 Å². The van der Waals surface area contributed by atoms with Crippen LogP contribution >= 0.6 is 0 Å². The second kappa shape index (κ2) is 4.42. The van der Waals surface area contributed by atoms with Crippen LogP contribution in [0.25, 0.3) is 0 Å². The van der Waals surface area contributed by atoms with Gasteiger partial charge in [0.25, 0.3) is 5.56 Å². The van der Waals surface area contributed by atoms with Gasteiger partial charge in [-0.15, -0.1) is 0 Å². The summed E-state index contributed by atoms with van der Waals surface area (Å²) in [5.41, 5.74) is 6.84. The molecular formula is C16H23N3O. The molecule has 5 rings (SSSR count). The normalized spacial score (nSPS) is 38.4. The number of nitrogens with zero attached hydrogens (tertiary/aromatic N) is 2. The largest absolute Gasteiger partial charge is 0.325 e. The van der Waals surface area contributed by atoms with E-state index in [4.69, 9.17) is 5.73 Å². The number of rotatable bonds is 3. The smallest absolute Gasteiger partial charge is 0.266 e. The Morgan fingerprint density at radius 2 is 1.75 bits per heavy atom. The summed E-state index contributed by atoms with van der Waals surface area (Å²) < 4.78 is 1.69. The van der Waals surface area contributed by atoms with E-state index in [9.17, 15) is 4.79 Å². The lowest BCUT2D eigenvalue weighted by molar-refractivity contribution is -0.0642. The van der Waals surface area contributed by atoms with Crippen LogP contribution in [0.4, 0.5) is 0 Å². The Kier molecular flexibility index (Phi) is 2.78. The average Bonchev–Trinajstić information content (AvgIpc) is 2.39. The zero-order valence-corrected chi connectivity index (χ0v) is 11.9. The van der Waals surface area contributed by atoms with Crippen LogP contribution in [-0.4, -0.2) is 9.78 Å². The first-order valence-electron chi connectivity index (χ1n) is 7.93. The van der Waals surface area contributed by atoms with Crippen molar-refractivity contribution in [3.05, 3.63) is 28.2 Å². The Balaban J connectivity index is 1.64. The fourth-order valence-corrected chi connectivity index (χ4v) is 5.51. The summed E-state index contributed by atoms with van der Waals surface area (Å²) in [5.74, 6) is 2.74. The third-order valence-electron chi connectivity index (χ3n) is 5.78. The van der Waals surface area contributed by atoms with Gasteiger partial charge < -0.3 is 5.73 Å². The van der Waals surface area contributed by atoms with Crippen LogP contribution in [-0.2, 0) is 13.1 Å². The predicted octanol–water partition coefficient (Wildman–Crippen LogP) is 1.92. The summed E-state index contributed by atoms with van der Waals surface area (Å²) in [6.45, 7) is 1.21. The lowest BCUT2D eigenvalue weighted by Crippen LogP contribution is -2.49. The molecule has 4 fully saturated rings. The molecule has 0 atom stereocenters. The van der Waals surface area contributed by atoms with Crippen molar-refractivity contribution in [3.8, 4) is 0 Å². The third kappa shape index (κ3) is 2.01. The van der Waals surface area contributed by atoms with Gasteiger partial charge in [0.05, 0.1) is 12.2 Å². The highest BCUT2D eigenvalue weighted by Gasteiger charge is 2.51. The van der Waals surface area contributed by atoms with Crippen LogP contribution in [0.2, 0.25) is 0 Å². The summed E-state index contributed by atoms with van der Waals surface area (Å²) in [5, 5.41) is 4.45. The van der Waals surface area contributed by atoms with Gasteiger partial charge in [0.15, 0.2) is 0 Å². The van der Waals surface area contributed by atoms with E-state index in [1.807, 2.05) is 0 Å². The van der Waals surface area contributed by atoms with Gasteiger partial charge in [-0.2, -0.15) is 5.10 Å². The predicted molar refractivity (Wildman–Crippen MR) is 77.0 cm³/mol. The molecule has 0 spiro atoms. The molecule has 1 heterocycles. The Morgan fingerprint density at radius 3 is 2.30 bits per heavy atom. The second-order valence-electron chi connectivity index (χ2n) is 7.44. The van der Waals surface area contributed by atoms with E-state index in [0.29, 0.717) is 12.0 Å². The molecule has 0 unspecified atom stereocenters. The summed E-state index contributed by atoms with van der Waals surface area (Å²) in [4.78, 5) is 12.1. The van der Waals surface area contributed by atoms with E-state index in [0.717, 1.165) is 30.0 Å². The Labute approximate surface area is 119 Å². The minimum Gasteiger partial charge on any atom is -0.325 e. The third-order valence-corrected chi connectivity index (χ3v) is 5.78. The Bertz CT molecular complexity index is 542. The fourth-order valence-electron chi connectivity index (χ4n) is 5.51. The van der Waals surface area contributed by atoms with E-state index in [1.165, 1.54) is 38.5 Å². The zero-order chi connectivity index (χ0) is 13.7. The summed E-state index contributed by atoms with van der Waals surface area (Å²) >= 11 is 0. The highest BCUT2D eigenvalue weighted by molar-refractivity contribution is 5.03. The van der Waals surface area contributed by atoms with Gasteiger partial charge >= 0.3 is 0 Å². The van der Waals surface area contributed by atoms with Crippen molar-refractivity contribution in [2.24, 2.45) is 28.9 Å². The number of hydrogen-bond donors (Lipinski definition) is 1. The SMILES string of the molecule is NCc1ccc(=O)n(CC23CC4CC(CC(C4)C2)C3)n1. The van der Waals surface area contributed by atoms with E-state index >= 15 is 0 Å². The van der Waals surface area contributed by atoms with Gasteiger partial charge in [0.2, 0.25) is 0 Å². The summed E-state index contributed by atoms with van der Waals surface area (Å²) in [6.07, 6.45) is 8.22. The molecule has 0 aromatic carbocycles. The molecule has 4 nitrogen and oxygen atoms in total. The maximum absolute atomic E-state index is 12.1. The van der Waals surface area contributed by atoms with Gasteiger partial charge in [-0.25, -0.2) is 4.68 Å². The maximum Gasteiger partial charge on any atom is 0.266 e. The van der Waals surface area contributed by atoms with Crippen molar-refractivity contribution < 1.29 is 0 Å². The standard InChI is InChI=1S/C16H23N3O/c17-9-14-1-2-15(20)19(18-14)10-16-6-11-3-12(7-16)5-13(4-11)8-16/h1-2,11-13H,3-10,17H2. The second-order valence-corrected chi connectivity index (χ2v) is 7.44.